The molecule has 0 saturated carbocycles. The van der Waals surface area contributed by atoms with Crippen molar-refractivity contribution in [3.8, 4) is 17.2 Å². The lowest BCUT2D eigenvalue weighted by molar-refractivity contribution is -0.131. The van der Waals surface area contributed by atoms with E-state index in [9.17, 15) is 4.79 Å². The van der Waals surface area contributed by atoms with Crippen LogP contribution in [0.15, 0.2) is 36.4 Å². The van der Waals surface area contributed by atoms with Crippen molar-refractivity contribution in [3.63, 3.8) is 0 Å². The topological polar surface area (TPSA) is 51.2 Å². The van der Waals surface area contributed by atoms with E-state index in [-0.39, 0.29) is 5.91 Å². The zero-order valence-corrected chi connectivity index (χ0v) is 20.8. The van der Waals surface area contributed by atoms with Gasteiger partial charge in [-0.2, -0.15) is 0 Å². The highest BCUT2D eigenvalue weighted by molar-refractivity contribution is 5.80. The number of hydrogen-bond donors (Lipinski definition) is 0. The smallest absolute Gasteiger partial charge is 0.227 e. The number of rotatable bonds is 9. The maximum atomic E-state index is 13.1. The number of amides is 1. The first-order chi connectivity index (χ1) is 16.6. The number of hydrogen-bond acceptors (Lipinski definition) is 5. The Morgan fingerprint density at radius 1 is 0.941 bits per heavy atom. The van der Waals surface area contributed by atoms with Crippen molar-refractivity contribution < 1.29 is 19.0 Å². The lowest BCUT2D eigenvalue weighted by Crippen LogP contribution is -2.43. The van der Waals surface area contributed by atoms with E-state index in [1.54, 1.807) is 21.3 Å². The van der Waals surface area contributed by atoms with E-state index in [0.29, 0.717) is 18.1 Å². The van der Waals surface area contributed by atoms with Crippen molar-refractivity contribution in [2.24, 2.45) is 5.92 Å². The van der Waals surface area contributed by atoms with Gasteiger partial charge in [-0.3, -0.25) is 4.79 Å². The minimum absolute atomic E-state index is 0.225. The van der Waals surface area contributed by atoms with Crippen LogP contribution in [0.5, 0.6) is 17.2 Å². The molecular weight excluding hydrogens is 428 g/mol. The number of fused-ring (bicyclic) bond motifs is 1. The molecule has 2 aliphatic heterocycles. The molecule has 0 radical (unpaired) electrons. The Morgan fingerprint density at radius 3 is 2.38 bits per heavy atom. The standard InChI is InChI=1S/C28H38N2O4/c1-32-25-10-8-21(9-11-25)6-4-13-29-14-5-7-22(19-29)20-30-15-12-23-16-26(33-2)27(34-3)17-24(23)18-28(30)31/h8-11,16-17,22H,4-7,12-15,18-20H2,1-3H3. The summed E-state index contributed by atoms with van der Waals surface area (Å²) in [5.74, 6) is 3.11. The van der Waals surface area contributed by atoms with E-state index >= 15 is 0 Å². The van der Waals surface area contributed by atoms with Gasteiger partial charge in [0, 0.05) is 19.6 Å². The third kappa shape index (κ3) is 6.03. The van der Waals surface area contributed by atoms with Gasteiger partial charge in [0.05, 0.1) is 27.8 Å². The first-order valence-electron chi connectivity index (χ1n) is 12.5. The number of carbonyl (C=O) groups excluding carboxylic acids is 1. The Kier molecular flexibility index (Phi) is 8.33. The molecule has 1 atom stereocenters. The van der Waals surface area contributed by atoms with Crippen LogP contribution in [0, 0.1) is 5.92 Å². The van der Waals surface area contributed by atoms with Crippen LogP contribution in [0.4, 0.5) is 0 Å². The van der Waals surface area contributed by atoms with Crippen molar-refractivity contribution in [1.82, 2.24) is 9.80 Å². The summed E-state index contributed by atoms with van der Waals surface area (Å²) in [6, 6.07) is 12.4. The van der Waals surface area contributed by atoms with Gasteiger partial charge >= 0.3 is 0 Å². The van der Waals surface area contributed by atoms with Crippen molar-refractivity contribution >= 4 is 5.91 Å². The lowest BCUT2D eigenvalue weighted by atomic mass is 9.96. The highest BCUT2D eigenvalue weighted by Crippen LogP contribution is 2.32. The molecule has 6 nitrogen and oxygen atoms in total. The quantitative estimate of drug-likeness (QED) is 0.560. The van der Waals surface area contributed by atoms with Gasteiger partial charge in [-0.05, 0) is 92.1 Å². The minimum atomic E-state index is 0.225. The molecule has 2 heterocycles. The molecule has 4 rings (SSSR count). The van der Waals surface area contributed by atoms with Crippen LogP contribution in [0.25, 0.3) is 0 Å². The molecule has 0 N–H and O–H groups in total. The highest BCUT2D eigenvalue weighted by atomic mass is 16.5. The number of benzene rings is 2. The number of aryl methyl sites for hydroxylation is 1. The molecule has 34 heavy (non-hydrogen) atoms. The van der Waals surface area contributed by atoms with Gasteiger partial charge in [0.15, 0.2) is 11.5 Å². The molecule has 2 aromatic carbocycles. The van der Waals surface area contributed by atoms with Crippen molar-refractivity contribution in [2.75, 3.05) is 54.1 Å². The zero-order valence-electron chi connectivity index (χ0n) is 20.8. The second-order valence-corrected chi connectivity index (χ2v) is 9.50. The summed E-state index contributed by atoms with van der Waals surface area (Å²) in [7, 11) is 5.00. The molecule has 184 valence electrons. The van der Waals surface area contributed by atoms with Gasteiger partial charge in [0.2, 0.25) is 5.91 Å². The monoisotopic (exact) mass is 466 g/mol. The zero-order chi connectivity index (χ0) is 23.9. The maximum absolute atomic E-state index is 13.1. The second kappa shape index (κ2) is 11.6. The number of likely N-dealkylation sites (tertiary alicyclic amines) is 1. The summed E-state index contributed by atoms with van der Waals surface area (Å²) < 4.78 is 16.2. The molecule has 1 saturated heterocycles. The Morgan fingerprint density at radius 2 is 1.68 bits per heavy atom. The molecule has 0 aliphatic carbocycles. The van der Waals surface area contributed by atoms with Crippen LogP contribution in [0.1, 0.15) is 36.0 Å². The van der Waals surface area contributed by atoms with Gasteiger partial charge < -0.3 is 24.0 Å². The minimum Gasteiger partial charge on any atom is -0.497 e. The summed E-state index contributed by atoms with van der Waals surface area (Å²) in [5.41, 5.74) is 3.61. The Bertz CT molecular complexity index is 960. The van der Waals surface area contributed by atoms with Gasteiger partial charge in [0.25, 0.3) is 0 Å². The number of nitrogens with zero attached hydrogens (tertiary/aromatic N) is 2. The van der Waals surface area contributed by atoms with E-state index in [4.69, 9.17) is 14.2 Å². The summed E-state index contributed by atoms with van der Waals surface area (Å²) in [5, 5.41) is 0. The molecule has 1 fully saturated rings. The molecule has 0 bridgehead atoms. The molecule has 0 aromatic heterocycles. The Labute approximate surface area is 203 Å². The van der Waals surface area contributed by atoms with Crippen LogP contribution in [-0.4, -0.2) is 69.8 Å². The Balaban J connectivity index is 1.28. The van der Waals surface area contributed by atoms with Crippen LogP contribution in [0.2, 0.25) is 0 Å². The molecule has 6 heteroatoms. The third-order valence-electron chi connectivity index (χ3n) is 7.23. The number of piperidine rings is 1. The highest BCUT2D eigenvalue weighted by Gasteiger charge is 2.27. The molecule has 1 amide bonds. The predicted molar refractivity (Wildman–Crippen MR) is 134 cm³/mol. The van der Waals surface area contributed by atoms with Gasteiger partial charge in [-0.25, -0.2) is 0 Å². The van der Waals surface area contributed by atoms with Crippen LogP contribution >= 0.6 is 0 Å². The van der Waals surface area contributed by atoms with Gasteiger partial charge in [-0.1, -0.05) is 12.1 Å². The van der Waals surface area contributed by atoms with E-state index in [2.05, 4.69) is 21.9 Å². The average molecular weight is 467 g/mol. The maximum Gasteiger partial charge on any atom is 0.227 e. The first-order valence-corrected chi connectivity index (χ1v) is 12.5. The molecule has 2 aromatic rings. The van der Waals surface area contributed by atoms with Crippen molar-refractivity contribution in [1.29, 1.82) is 0 Å². The van der Waals surface area contributed by atoms with E-state index in [1.807, 2.05) is 24.3 Å². The van der Waals surface area contributed by atoms with Crippen LogP contribution < -0.4 is 14.2 Å². The number of methoxy groups -OCH3 is 3. The summed E-state index contributed by atoms with van der Waals surface area (Å²) in [4.78, 5) is 17.8. The molecule has 2 aliphatic rings. The summed E-state index contributed by atoms with van der Waals surface area (Å²) in [6.07, 6.45) is 5.95. The predicted octanol–water partition coefficient (Wildman–Crippen LogP) is 3.98. The fraction of sp³-hybridized carbons (Fsp3) is 0.536. The fourth-order valence-electron chi connectivity index (χ4n) is 5.32. The van der Waals surface area contributed by atoms with Gasteiger partial charge in [0.1, 0.15) is 5.75 Å². The molecule has 0 spiro atoms. The van der Waals surface area contributed by atoms with Gasteiger partial charge in [-0.15, -0.1) is 0 Å². The number of ether oxygens (including phenoxy) is 3. The van der Waals surface area contributed by atoms with E-state index in [0.717, 1.165) is 69.0 Å². The van der Waals surface area contributed by atoms with Crippen molar-refractivity contribution in [2.45, 2.75) is 38.5 Å². The molecular formula is C28H38N2O4. The Hall–Kier alpha value is -2.73. The van der Waals surface area contributed by atoms with E-state index < -0.39 is 0 Å². The van der Waals surface area contributed by atoms with Crippen LogP contribution in [-0.2, 0) is 24.1 Å². The van der Waals surface area contributed by atoms with Crippen molar-refractivity contribution in [3.05, 3.63) is 53.1 Å². The number of carbonyl (C=O) groups is 1. The van der Waals surface area contributed by atoms with E-state index in [1.165, 1.54) is 24.0 Å². The first kappa shape index (κ1) is 24.4. The average Bonchev–Trinajstić information content (AvgIpc) is 3.01. The third-order valence-corrected chi connectivity index (χ3v) is 7.23. The lowest BCUT2D eigenvalue weighted by Gasteiger charge is -2.35. The normalized spacial score (nSPS) is 18.9. The summed E-state index contributed by atoms with van der Waals surface area (Å²) in [6.45, 7) is 4.99. The SMILES string of the molecule is COc1ccc(CCCN2CCCC(CN3CCc4cc(OC)c(OC)cc4CC3=O)C2)cc1. The fourth-order valence-corrected chi connectivity index (χ4v) is 5.32. The van der Waals surface area contributed by atoms with Crippen LogP contribution in [0.3, 0.4) is 0 Å². The largest absolute Gasteiger partial charge is 0.497 e. The second-order valence-electron chi connectivity index (χ2n) is 9.50. The summed E-state index contributed by atoms with van der Waals surface area (Å²) >= 11 is 0. The molecule has 1 unspecified atom stereocenters.